The summed E-state index contributed by atoms with van der Waals surface area (Å²) in [6, 6.07) is 0. The van der Waals surface area contributed by atoms with E-state index < -0.39 is 11.1 Å². The predicted octanol–water partition coefficient (Wildman–Crippen LogP) is 1.33. The maximum Gasteiger partial charge on any atom is 0.336 e. The number of carbonyl (C=O) groups excluding carboxylic acids is 2. The molecule has 2 fully saturated rings. The van der Waals surface area contributed by atoms with Crippen molar-refractivity contribution in [3.63, 3.8) is 0 Å². The molecule has 116 valence electrons. The number of hydrogen-bond acceptors (Lipinski definition) is 4. The van der Waals surface area contributed by atoms with Crippen molar-refractivity contribution in [2.45, 2.75) is 44.8 Å². The van der Waals surface area contributed by atoms with Crippen LogP contribution in [0.4, 0.5) is 0 Å². The van der Waals surface area contributed by atoms with Crippen LogP contribution in [0.15, 0.2) is 24.3 Å². The number of hydrogen-bond donors (Lipinski definition) is 2. The average Bonchev–Trinajstić information content (AvgIpc) is 2.64. The van der Waals surface area contributed by atoms with Crippen molar-refractivity contribution in [1.29, 1.82) is 0 Å². The predicted molar refractivity (Wildman–Crippen MR) is 78.3 cm³/mol. The molecule has 2 heterocycles. The standard InChI is InChI=1S/C9H13NO3.C7H10O/c1-4-5-6(11)10-8(2)7(12)13-9(5,8)3;8-6-7-4-2-1-3-5-7/h5H,4H2,1-3H3,(H,10,11);1-4,7-8H,5-6H2/t5-,8-,9-;/m0./s1. The van der Waals surface area contributed by atoms with E-state index in [9.17, 15) is 9.59 Å². The van der Waals surface area contributed by atoms with Crippen LogP contribution >= 0.6 is 0 Å². The maximum absolute atomic E-state index is 11.5. The molecule has 0 aromatic rings. The summed E-state index contributed by atoms with van der Waals surface area (Å²) in [6.07, 6.45) is 9.77. The summed E-state index contributed by atoms with van der Waals surface area (Å²) in [5, 5.41) is 11.3. The summed E-state index contributed by atoms with van der Waals surface area (Å²) in [5.74, 6) is -0.215. The van der Waals surface area contributed by atoms with Gasteiger partial charge in [-0.15, -0.1) is 0 Å². The van der Waals surface area contributed by atoms with Gasteiger partial charge < -0.3 is 15.2 Å². The highest BCUT2D eigenvalue weighted by Gasteiger charge is 2.73. The molecule has 0 spiro atoms. The average molecular weight is 293 g/mol. The first-order chi connectivity index (χ1) is 9.89. The van der Waals surface area contributed by atoms with Crippen LogP contribution in [0.1, 0.15) is 33.6 Å². The van der Waals surface area contributed by atoms with Gasteiger partial charge in [-0.2, -0.15) is 0 Å². The van der Waals surface area contributed by atoms with Crippen molar-refractivity contribution in [3.05, 3.63) is 24.3 Å². The summed E-state index contributed by atoms with van der Waals surface area (Å²) >= 11 is 0. The van der Waals surface area contributed by atoms with E-state index >= 15 is 0 Å². The van der Waals surface area contributed by atoms with Gasteiger partial charge >= 0.3 is 5.97 Å². The summed E-state index contributed by atoms with van der Waals surface area (Å²) in [7, 11) is 0. The number of rotatable bonds is 2. The number of amides is 1. The fourth-order valence-electron chi connectivity index (χ4n) is 3.07. The second-order valence-corrected chi connectivity index (χ2v) is 6.06. The van der Waals surface area contributed by atoms with Crippen molar-refractivity contribution < 1.29 is 19.4 Å². The van der Waals surface area contributed by atoms with Gasteiger partial charge in [0.25, 0.3) is 0 Å². The number of aliphatic hydroxyl groups is 1. The van der Waals surface area contributed by atoms with Crippen LogP contribution in [0.25, 0.3) is 0 Å². The molecule has 2 aliphatic heterocycles. The largest absolute Gasteiger partial charge is 0.454 e. The summed E-state index contributed by atoms with van der Waals surface area (Å²) < 4.78 is 5.11. The highest BCUT2D eigenvalue weighted by Crippen LogP contribution is 2.49. The molecule has 0 bridgehead atoms. The summed E-state index contributed by atoms with van der Waals surface area (Å²) in [6.45, 7) is 5.75. The van der Waals surface area contributed by atoms with Gasteiger partial charge in [0.2, 0.25) is 5.91 Å². The number of esters is 1. The van der Waals surface area contributed by atoms with Gasteiger partial charge in [0, 0.05) is 12.5 Å². The van der Waals surface area contributed by atoms with E-state index in [4.69, 9.17) is 9.84 Å². The molecule has 2 saturated heterocycles. The lowest BCUT2D eigenvalue weighted by molar-refractivity contribution is -0.216. The van der Waals surface area contributed by atoms with E-state index in [1.165, 1.54) is 0 Å². The molecule has 0 aromatic carbocycles. The van der Waals surface area contributed by atoms with E-state index in [2.05, 4.69) is 11.4 Å². The number of carbonyl (C=O) groups is 2. The number of allylic oxidation sites excluding steroid dienone is 3. The molecule has 21 heavy (non-hydrogen) atoms. The van der Waals surface area contributed by atoms with Crippen LogP contribution in [0.2, 0.25) is 0 Å². The lowest BCUT2D eigenvalue weighted by Gasteiger charge is -2.49. The Morgan fingerprint density at radius 3 is 2.48 bits per heavy atom. The fraction of sp³-hybridized carbons (Fsp3) is 0.625. The Bertz CT molecular complexity index is 499. The van der Waals surface area contributed by atoms with E-state index in [1.54, 1.807) is 6.92 Å². The molecular weight excluding hydrogens is 270 g/mol. The van der Waals surface area contributed by atoms with Gasteiger partial charge in [-0.05, 0) is 26.7 Å². The Morgan fingerprint density at radius 1 is 1.38 bits per heavy atom. The van der Waals surface area contributed by atoms with Crippen molar-refractivity contribution in [2.24, 2.45) is 11.8 Å². The normalized spacial score (nSPS) is 39.6. The molecule has 3 aliphatic rings. The van der Waals surface area contributed by atoms with Crippen molar-refractivity contribution in [1.82, 2.24) is 5.32 Å². The lowest BCUT2D eigenvalue weighted by atomic mass is 9.72. The van der Waals surface area contributed by atoms with Gasteiger partial charge in [-0.1, -0.05) is 31.2 Å². The van der Waals surface area contributed by atoms with Crippen molar-refractivity contribution >= 4 is 11.9 Å². The van der Waals surface area contributed by atoms with E-state index in [0.29, 0.717) is 12.3 Å². The Labute approximate surface area is 125 Å². The molecule has 2 N–H and O–H groups in total. The smallest absolute Gasteiger partial charge is 0.336 e. The molecule has 1 amide bonds. The number of nitrogens with one attached hydrogen (secondary N) is 1. The molecular formula is C16H23NO4. The Hall–Kier alpha value is -1.62. The highest BCUT2D eigenvalue weighted by atomic mass is 16.6. The molecule has 0 radical (unpaired) electrons. The van der Waals surface area contributed by atoms with Gasteiger partial charge in [-0.25, -0.2) is 4.79 Å². The molecule has 0 saturated carbocycles. The summed E-state index contributed by atoms with van der Waals surface area (Å²) in [4.78, 5) is 22.7. The van der Waals surface area contributed by atoms with Gasteiger partial charge in [-0.3, -0.25) is 4.79 Å². The molecule has 4 atom stereocenters. The third kappa shape index (κ3) is 2.39. The molecule has 1 unspecified atom stereocenters. The molecule has 1 aliphatic carbocycles. The maximum atomic E-state index is 11.5. The van der Waals surface area contributed by atoms with E-state index in [-0.39, 0.29) is 24.4 Å². The van der Waals surface area contributed by atoms with Crippen LogP contribution in [0.5, 0.6) is 0 Å². The molecule has 0 aromatic heterocycles. The van der Waals surface area contributed by atoms with Crippen molar-refractivity contribution in [2.75, 3.05) is 6.61 Å². The molecule has 3 rings (SSSR count). The van der Waals surface area contributed by atoms with Crippen molar-refractivity contribution in [3.8, 4) is 0 Å². The van der Waals surface area contributed by atoms with Gasteiger partial charge in [0.05, 0.1) is 5.92 Å². The van der Waals surface area contributed by atoms with Crippen LogP contribution in [-0.4, -0.2) is 34.7 Å². The minimum absolute atomic E-state index is 0.0710. The number of fused-ring (bicyclic) bond motifs is 1. The van der Waals surface area contributed by atoms with E-state index in [1.807, 2.05) is 32.1 Å². The topological polar surface area (TPSA) is 75.6 Å². The summed E-state index contributed by atoms with van der Waals surface area (Å²) in [5.41, 5.74) is -1.42. The number of ether oxygens (including phenoxy) is 1. The fourth-order valence-corrected chi connectivity index (χ4v) is 3.07. The Morgan fingerprint density at radius 2 is 2.10 bits per heavy atom. The zero-order valence-corrected chi connectivity index (χ0v) is 12.8. The zero-order chi connectivity index (χ0) is 15.7. The highest BCUT2D eigenvalue weighted by molar-refractivity contribution is 6.00. The first kappa shape index (κ1) is 15.8. The minimum atomic E-state index is -0.787. The van der Waals surface area contributed by atoms with Crippen LogP contribution in [-0.2, 0) is 14.3 Å². The van der Waals surface area contributed by atoms with Gasteiger partial charge in [0.15, 0.2) is 11.1 Å². The third-order valence-corrected chi connectivity index (χ3v) is 4.77. The first-order valence-corrected chi connectivity index (χ1v) is 7.38. The number of aliphatic hydroxyl groups excluding tert-OH is 1. The van der Waals surface area contributed by atoms with Gasteiger partial charge in [0.1, 0.15) is 0 Å². The second-order valence-electron chi connectivity index (χ2n) is 6.06. The minimum Gasteiger partial charge on any atom is -0.454 e. The SMILES string of the molecule is CC[C@H]1C(=O)N[C@@]2(C)C(=O)O[C@@]12C.OCC1C=CC=CC1. The molecule has 5 heteroatoms. The quantitative estimate of drug-likeness (QED) is 0.753. The third-order valence-electron chi connectivity index (χ3n) is 4.77. The van der Waals surface area contributed by atoms with E-state index in [0.717, 1.165) is 6.42 Å². The van der Waals surface area contributed by atoms with Crippen LogP contribution in [0.3, 0.4) is 0 Å². The zero-order valence-electron chi connectivity index (χ0n) is 12.8. The van der Waals surface area contributed by atoms with Crippen LogP contribution < -0.4 is 5.32 Å². The molecule has 5 nitrogen and oxygen atoms in total. The lowest BCUT2D eigenvalue weighted by Crippen LogP contribution is -2.72. The van der Waals surface area contributed by atoms with Crippen LogP contribution in [0, 0.1) is 11.8 Å². The second kappa shape index (κ2) is 5.64. The Kier molecular flexibility index (Phi) is 4.23. The monoisotopic (exact) mass is 293 g/mol. The Balaban J connectivity index is 0.000000173. The first-order valence-electron chi connectivity index (χ1n) is 7.38.